The number of hydrogen-bond acceptors (Lipinski definition) is 4. The number of amides is 2. The van der Waals surface area contributed by atoms with Gasteiger partial charge in [-0.05, 0) is 12.1 Å². The van der Waals surface area contributed by atoms with Gasteiger partial charge in [0, 0.05) is 6.92 Å². The van der Waals surface area contributed by atoms with Gasteiger partial charge in [0.05, 0.1) is 5.56 Å². The summed E-state index contributed by atoms with van der Waals surface area (Å²) >= 11 is 0. The first-order valence-corrected chi connectivity index (χ1v) is 4.98. The van der Waals surface area contributed by atoms with Gasteiger partial charge in [0.15, 0.2) is 6.61 Å². The van der Waals surface area contributed by atoms with Crippen LogP contribution in [0.1, 0.15) is 17.3 Å². The van der Waals surface area contributed by atoms with Gasteiger partial charge >= 0.3 is 5.97 Å². The van der Waals surface area contributed by atoms with E-state index in [0.717, 1.165) is 6.07 Å². The van der Waals surface area contributed by atoms with Crippen LogP contribution >= 0.6 is 0 Å². The molecule has 0 heterocycles. The summed E-state index contributed by atoms with van der Waals surface area (Å²) in [6, 6.07) is 5.24. The second-order valence-corrected chi connectivity index (χ2v) is 3.29. The molecule has 18 heavy (non-hydrogen) atoms. The molecule has 0 unspecified atom stereocenters. The number of nitrogens with one attached hydrogen (secondary N) is 2. The highest BCUT2D eigenvalue weighted by atomic mass is 19.1. The van der Waals surface area contributed by atoms with E-state index in [1.807, 2.05) is 10.9 Å². The Morgan fingerprint density at radius 1 is 1.22 bits per heavy atom. The van der Waals surface area contributed by atoms with Crippen LogP contribution in [0.5, 0.6) is 0 Å². The number of esters is 1. The summed E-state index contributed by atoms with van der Waals surface area (Å²) in [6.45, 7) is 0.582. The minimum atomic E-state index is -0.953. The maximum Gasteiger partial charge on any atom is 0.341 e. The van der Waals surface area contributed by atoms with Crippen LogP contribution in [0.3, 0.4) is 0 Å². The molecule has 1 aromatic carbocycles. The van der Waals surface area contributed by atoms with Gasteiger partial charge in [0.2, 0.25) is 5.91 Å². The zero-order valence-electron chi connectivity index (χ0n) is 9.53. The molecule has 0 radical (unpaired) electrons. The third kappa shape index (κ3) is 4.20. The molecule has 0 aromatic heterocycles. The SMILES string of the molecule is CC(=O)NNC(=O)COC(=O)c1ccccc1F. The first kappa shape index (κ1) is 13.6. The fourth-order valence-corrected chi connectivity index (χ4v) is 1.03. The van der Waals surface area contributed by atoms with Gasteiger partial charge in [-0.3, -0.25) is 20.4 Å². The lowest BCUT2D eigenvalue weighted by atomic mass is 10.2. The average Bonchev–Trinajstić information content (AvgIpc) is 2.34. The Bertz CT molecular complexity index is 476. The third-order valence-corrected chi connectivity index (χ3v) is 1.81. The number of ether oxygens (including phenoxy) is 1. The van der Waals surface area contributed by atoms with E-state index in [-0.39, 0.29) is 5.56 Å². The molecule has 0 atom stereocenters. The minimum Gasteiger partial charge on any atom is -0.452 e. The van der Waals surface area contributed by atoms with Crippen molar-refractivity contribution in [2.75, 3.05) is 6.61 Å². The number of halogens is 1. The van der Waals surface area contributed by atoms with Gasteiger partial charge in [-0.25, -0.2) is 9.18 Å². The van der Waals surface area contributed by atoms with Gasteiger partial charge in [-0.2, -0.15) is 0 Å². The molecule has 0 saturated carbocycles. The molecule has 1 rings (SSSR count). The highest BCUT2D eigenvalue weighted by Crippen LogP contribution is 2.07. The van der Waals surface area contributed by atoms with E-state index in [9.17, 15) is 18.8 Å². The summed E-state index contributed by atoms with van der Waals surface area (Å²) in [5.41, 5.74) is 3.75. The van der Waals surface area contributed by atoms with Crippen LogP contribution in [0.2, 0.25) is 0 Å². The number of hydrogen-bond donors (Lipinski definition) is 2. The molecular formula is C11H11FN2O4. The van der Waals surface area contributed by atoms with E-state index in [4.69, 9.17) is 0 Å². The van der Waals surface area contributed by atoms with Crippen LogP contribution in [0, 0.1) is 5.82 Å². The predicted molar refractivity (Wildman–Crippen MR) is 58.6 cm³/mol. The maximum absolute atomic E-state index is 13.2. The summed E-state index contributed by atoms with van der Waals surface area (Å²) in [5, 5.41) is 0. The molecule has 2 N–H and O–H groups in total. The van der Waals surface area contributed by atoms with Crippen LogP contribution in [0.25, 0.3) is 0 Å². The van der Waals surface area contributed by atoms with Crippen molar-refractivity contribution in [2.45, 2.75) is 6.92 Å². The number of carbonyl (C=O) groups is 3. The van der Waals surface area contributed by atoms with E-state index in [1.54, 1.807) is 0 Å². The fourth-order valence-electron chi connectivity index (χ4n) is 1.03. The van der Waals surface area contributed by atoms with E-state index < -0.39 is 30.2 Å². The Morgan fingerprint density at radius 3 is 2.50 bits per heavy atom. The van der Waals surface area contributed by atoms with Crippen LogP contribution in [-0.2, 0) is 14.3 Å². The molecule has 6 nitrogen and oxygen atoms in total. The molecule has 2 amide bonds. The summed E-state index contributed by atoms with van der Waals surface area (Å²) in [5.74, 6) is -2.88. The standard InChI is InChI=1S/C11H11FN2O4/c1-7(15)13-14-10(16)6-18-11(17)8-4-2-3-5-9(8)12/h2-5H,6H2,1H3,(H,13,15)(H,14,16). The molecule has 1 aromatic rings. The number of benzene rings is 1. The Morgan fingerprint density at radius 2 is 1.89 bits per heavy atom. The van der Waals surface area contributed by atoms with Crippen molar-refractivity contribution < 1.29 is 23.5 Å². The third-order valence-electron chi connectivity index (χ3n) is 1.81. The zero-order valence-corrected chi connectivity index (χ0v) is 9.53. The van der Waals surface area contributed by atoms with Gasteiger partial charge in [0.25, 0.3) is 5.91 Å². The smallest absolute Gasteiger partial charge is 0.341 e. The zero-order chi connectivity index (χ0) is 13.5. The van der Waals surface area contributed by atoms with Gasteiger partial charge in [0.1, 0.15) is 5.82 Å². The van der Waals surface area contributed by atoms with Crippen molar-refractivity contribution in [1.29, 1.82) is 0 Å². The number of hydrazine groups is 1. The van der Waals surface area contributed by atoms with Crippen molar-refractivity contribution >= 4 is 17.8 Å². The summed E-state index contributed by atoms with van der Waals surface area (Å²) in [4.78, 5) is 32.9. The van der Waals surface area contributed by atoms with Crippen molar-refractivity contribution in [1.82, 2.24) is 10.9 Å². The van der Waals surface area contributed by atoms with Crippen molar-refractivity contribution in [3.05, 3.63) is 35.6 Å². The lowest BCUT2D eigenvalue weighted by molar-refractivity contribution is -0.129. The summed E-state index contributed by atoms with van der Waals surface area (Å²) < 4.78 is 17.7. The number of carbonyl (C=O) groups excluding carboxylic acids is 3. The van der Waals surface area contributed by atoms with Crippen molar-refractivity contribution in [3.8, 4) is 0 Å². The average molecular weight is 254 g/mol. The summed E-state index contributed by atoms with van der Waals surface area (Å²) in [6.07, 6.45) is 0. The molecule has 0 bridgehead atoms. The minimum absolute atomic E-state index is 0.259. The highest BCUT2D eigenvalue weighted by molar-refractivity contribution is 5.91. The Hall–Kier alpha value is -2.44. The van der Waals surface area contributed by atoms with E-state index in [2.05, 4.69) is 4.74 Å². The Labute approximate surface area is 102 Å². The normalized spacial score (nSPS) is 9.44. The molecule has 96 valence electrons. The van der Waals surface area contributed by atoms with Gasteiger partial charge in [-0.1, -0.05) is 12.1 Å². The van der Waals surface area contributed by atoms with E-state index in [0.29, 0.717) is 0 Å². The lowest BCUT2D eigenvalue weighted by Gasteiger charge is -2.06. The molecule has 7 heteroatoms. The first-order chi connectivity index (χ1) is 8.50. The fraction of sp³-hybridized carbons (Fsp3) is 0.182. The van der Waals surface area contributed by atoms with Crippen molar-refractivity contribution in [3.63, 3.8) is 0 Å². The molecule has 0 fully saturated rings. The van der Waals surface area contributed by atoms with Crippen LogP contribution in [0.15, 0.2) is 24.3 Å². The first-order valence-electron chi connectivity index (χ1n) is 4.98. The second kappa shape index (κ2) is 6.33. The van der Waals surface area contributed by atoms with E-state index >= 15 is 0 Å². The van der Waals surface area contributed by atoms with Crippen LogP contribution in [-0.4, -0.2) is 24.4 Å². The highest BCUT2D eigenvalue weighted by Gasteiger charge is 2.13. The Kier molecular flexibility index (Phi) is 4.79. The van der Waals surface area contributed by atoms with Gasteiger partial charge in [-0.15, -0.1) is 0 Å². The molecule has 0 aliphatic heterocycles. The van der Waals surface area contributed by atoms with Gasteiger partial charge < -0.3 is 4.74 Å². The monoisotopic (exact) mass is 254 g/mol. The maximum atomic E-state index is 13.2. The molecule has 0 aliphatic carbocycles. The molecule has 0 spiro atoms. The molecule has 0 aliphatic rings. The quantitative estimate of drug-likeness (QED) is 0.594. The lowest BCUT2D eigenvalue weighted by Crippen LogP contribution is -2.42. The predicted octanol–water partition coefficient (Wildman–Crippen LogP) is 0.150. The van der Waals surface area contributed by atoms with Crippen molar-refractivity contribution in [2.24, 2.45) is 0 Å². The Balaban J connectivity index is 2.45. The second-order valence-electron chi connectivity index (χ2n) is 3.29. The summed E-state index contributed by atoms with van der Waals surface area (Å²) in [7, 11) is 0. The van der Waals surface area contributed by atoms with Crippen LogP contribution in [0.4, 0.5) is 4.39 Å². The van der Waals surface area contributed by atoms with Crippen LogP contribution < -0.4 is 10.9 Å². The topological polar surface area (TPSA) is 84.5 Å². The van der Waals surface area contributed by atoms with E-state index in [1.165, 1.54) is 25.1 Å². The molecule has 0 saturated heterocycles. The largest absolute Gasteiger partial charge is 0.452 e. The number of rotatable bonds is 3. The molecular weight excluding hydrogens is 243 g/mol.